The number of ketones is 1. The number of rotatable bonds is 7. The Morgan fingerprint density at radius 1 is 1.00 bits per heavy atom. The number of aromatic hydroxyl groups is 1. The molecule has 0 aliphatic rings. The number of alkyl halides is 3. The van der Waals surface area contributed by atoms with E-state index in [-0.39, 0.29) is 41.5 Å². The summed E-state index contributed by atoms with van der Waals surface area (Å²) in [5.41, 5.74) is 2.65. The fourth-order valence-corrected chi connectivity index (χ4v) is 4.59. The maximum absolute atomic E-state index is 13.7. The van der Waals surface area contributed by atoms with Crippen molar-refractivity contribution in [2.75, 3.05) is 6.54 Å². The van der Waals surface area contributed by atoms with Gasteiger partial charge in [-0.25, -0.2) is 4.68 Å². The number of tetrazole rings is 1. The number of benzene rings is 3. The van der Waals surface area contributed by atoms with Crippen LogP contribution in [0.3, 0.4) is 0 Å². The average Bonchev–Trinajstić information content (AvgIpc) is 3.49. The van der Waals surface area contributed by atoms with Crippen molar-refractivity contribution in [1.82, 2.24) is 24.8 Å². The maximum Gasteiger partial charge on any atom is 0.416 e. The smallest absolute Gasteiger partial charge is 0.416 e. The highest BCUT2D eigenvalue weighted by Crippen LogP contribution is 2.40. The highest BCUT2D eigenvalue weighted by molar-refractivity contribution is 6.22. The first-order chi connectivity index (χ1) is 18.6. The lowest BCUT2D eigenvalue weighted by molar-refractivity contribution is -0.137. The summed E-state index contributed by atoms with van der Waals surface area (Å²) >= 11 is 0. The largest absolute Gasteiger partial charge is 0.494 e. The Morgan fingerprint density at radius 2 is 1.72 bits per heavy atom. The van der Waals surface area contributed by atoms with Crippen LogP contribution in [0.1, 0.15) is 27.8 Å². The molecule has 0 spiro atoms. The molecule has 0 amide bonds. The first-order valence-electron chi connectivity index (χ1n) is 12.0. The van der Waals surface area contributed by atoms with Gasteiger partial charge in [0.25, 0.3) is 0 Å². The molecule has 0 atom stereocenters. The number of carbonyl (C=O) groups excluding carboxylic acids is 1. The monoisotopic (exact) mass is 532 g/mol. The first kappa shape index (κ1) is 25.8. The lowest BCUT2D eigenvalue weighted by atomic mass is 10.00. The van der Waals surface area contributed by atoms with Crippen LogP contribution in [0.4, 0.5) is 13.2 Å². The lowest BCUT2D eigenvalue weighted by Crippen LogP contribution is -2.15. The molecule has 0 fully saturated rings. The normalized spacial score (nSPS) is 12.3. The van der Waals surface area contributed by atoms with E-state index in [1.54, 1.807) is 42.5 Å². The van der Waals surface area contributed by atoms with Crippen molar-refractivity contribution in [3.8, 4) is 11.6 Å². The van der Waals surface area contributed by atoms with E-state index < -0.39 is 11.7 Å². The van der Waals surface area contributed by atoms with Crippen molar-refractivity contribution in [2.24, 2.45) is 4.99 Å². The Hall–Kier alpha value is -4.80. The van der Waals surface area contributed by atoms with Gasteiger partial charge in [-0.2, -0.15) is 13.2 Å². The molecule has 3 aromatic carbocycles. The fraction of sp³-hybridized carbons (Fsp3) is 0.179. The van der Waals surface area contributed by atoms with Gasteiger partial charge in [0, 0.05) is 16.6 Å². The third kappa shape index (κ3) is 5.28. The number of halogens is 3. The summed E-state index contributed by atoms with van der Waals surface area (Å²) in [4.78, 5) is 17.2. The van der Waals surface area contributed by atoms with Crippen LogP contribution >= 0.6 is 0 Å². The van der Waals surface area contributed by atoms with Crippen LogP contribution in [0.25, 0.3) is 16.6 Å². The molecular formula is C28H23F3N6O2. The van der Waals surface area contributed by atoms with Gasteiger partial charge in [-0.3, -0.25) is 14.4 Å². The van der Waals surface area contributed by atoms with Gasteiger partial charge in [-0.05, 0) is 59.7 Å². The number of fused-ring (bicyclic) bond motifs is 1. The maximum atomic E-state index is 13.7. The summed E-state index contributed by atoms with van der Waals surface area (Å²) in [6, 6.07) is 17.7. The predicted molar refractivity (Wildman–Crippen MR) is 139 cm³/mol. The topological polar surface area (TPSA) is 98.2 Å². The van der Waals surface area contributed by atoms with Crippen molar-refractivity contribution >= 4 is 22.4 Å². The molecule has 0 aliphatic heterocycles. The summed E-state index contributed by atoms with van der Waals surface area (Å²) in [5, 5.41) is 22.7. The highest BCUT2D eigenvalue weighted by atomic mass is 19.4. The molecule has 5 aromatic rings. The van der Waals surface area contributed by atoms with Gasteiger partial charge in [0.15, 0.2) is 5.78 Å². The molecule has 1 N–H and O–H groups in total. The molecule has 0 unspecified atom stereocenters. The minimum Gasteiger partial charge on any atom is -0.494 e. The van der Waals surface area contributed by atoms with Crippen LogP contribution in [0.5, 0.6) is 5.88 Å². The molecular weight excluding hydrogens is 509 g/mol. The highest BCUT2D eigenvalue weighted by Gasteiger charge is 2.32. The summed E-state index contributed by atoms with van der Waals surface area (Å²) in [5.74, 6) is -0.586. The average molecular weight is 533 g/mol. The second-order valence-corrected chi connectivity index (χ2v) is 9.19. The minimum atomic E-state index is -4.58. The number of carbonyl (C=O) groups is 1. The summed E-state index contributed by atoms with van der Waals surface area (Å²) in [6.45, 7) is 3.37. The Labute approximate surface area is 221 Å². The molecule has 5 rings (SSSR count). The Morgan fingerprint density at radius 3 is 2.36 bits per heavy atom. The van der Waals surface area contributed by atoms with Crippen LogP contribution in [-0.4, -0.2) is 47.9 Å². The van der Waals surface area contributed by atoms with Gasteiger partial charge in [0.05, 0.1) is 22.4 Å². The van der Waals surface area contributed by atoms with Crippen LogP contribution in [0.15, 0.2) is 78.0 Å². The van der Waals surface area contributed by atoms with Crippen molar-refractivity contribution in [2.45, 2.75) is 26.6 Å². The summed E-state index contributed by atoms with van der Waals surface area (Å²) in [7, 11) is 0. The number of nitrogens with zero attached hydrogens (tertiary/aromatic N) is 6. The van der Waals surface area contributed by atoms with E-state index in [0.29, 0.717) is 16.6 Å². The molecule has 8 nitrogen and oxygen atoms in total. The fourth-order valence-electron chi connectivity index (χ4n) is 4.59. The van der Waals surface area contributed by atoms with E-state index in [0.717, 1.165) is 23.3 Å². The molecule has 11 heteroatoms. The van der Waals surface area contributed by atoms with E-state index in [1.165, 1.54) is 21.6 Å². The molecule has 2 aromatic heterocycles. The van der Waals surface area contributed by atoms with Crippen LogP contribution in [-0.2, 0) is 17.5 Å². The molecule has 0 saturated heterocycles. The predicted octanol–water partition coefficient (Wildman–Crippen LogP) is 5.06. The van der Waals surface area contributed by atoms with E-state index in [1.807, 2.05) is 19.9 Å². The van der Waals surface area contributed by atoms with Crippen molar-refractivity contribution in [3.63, 3.8) is 0 Å². The number of hydrogen-bond acceptors (Lipinski definition) is 6. The van der Waals surface area contributed by atoms with Gasteiger partial charge in [-0.15, -0.1) is 5.10 Å². The third-order valence-electron chi connectivity index (χ3n) is 6.16. The van der Waals surface area contributed by atoms with Gasteiger partial charge in [0.2, 0.25) is 5.88 Å². The van der Waals surface area contributed by atoms with Crippen molar-refractivity contribution in [1.29, 1.82) is 0 Å². The number of aryl methyl sites for hydroxylation is 2. The van der Waals surface area contributed by atoms with Gasteiger partial charge in [0.1, 0.15) is 19.4 Å². The summed E-state index contributed by atoms with van der Waals surface area (Å²) in [6.07, 6.45) is -3.28. The molecule has 0 radical (unpaired) electrons. The third-order valence-corrected chi connectivity index (χ3v) is 6.16. The number of Topliss-reactive ketones (excluding diaryl/α,β-unsaturated/α-hetero) is 1. The second kappa shape index (κ2) is 10.2. The Bertz CT molecular complexity index is 1670. The molecule has 0 bridgehead atoms. The van der Waals surface area contributed by atoms with Crippen LogP contribution in [0, 0.1) is 13.8 Å². The van der Waals surface area contributed by atoms with Gasteiger partial charge in [-0.1, -0.05) is 42.5 Å². The zero-order valence-electron chi connectivity index (χ0n) is 21.0. The molecule has 2 heterocycles. The quantitative estimate of drug-likeness (QED) is 0.295. The number of hydrogen-bond donors (Lipinski definition) is 1. The van der Waals surface area contributed by atoms with Crippen LogP contribution < -0.4 is 0 Å². The molecule has 0 saturated carbocycles. The Balaban J connectivity index is 1.74. The van der Waals surface area contributed by atoms with E-state index in [9.17, 15) is 23.1 Å². The van der Waals surface area contributed by atoms with Crippen LogP contribution in [0.2, 0.25) is 0 Å². The zero-order valence-corrected chi connectivity index (χ0v) is 21.0. The van der Waals surface area contributed by atoms with Gasteiger partial charge >= 0.3 is 6.18 Å². The first-order valence-corrected chi connectivity index (χ1v) is 12.0. The SMILES string of the molecule is Cc1cc(C)cc(-n2c(O)c(C(=NCC(=O)Cn3cnnn3)c3ccccc3)c3ccc(C(F)(F)F)cc32)c1. The van der Waals surface area contributed by atoms with E-state index >= 15 is 0 Å². The van der Waals surface area contributed by atoms with Crippen molar-refractivity contribution < 1.29 is 23.1 Å². The number of aliphatic imine (C=N–C) groups is 1. The molecule has 39 heavy (non-hydrogen) atoms. The second-order valence-electron chi connectivity index (χ2n) is 9.19. The zero-order chi connectivity index (χ0) is 27.7. The van der Waals surface area contributed by atoms with E-state index in [2.05, 4.69) is 20.5 Å². The lowest BCUT2D eigenvalue weighted by Gasteiger charge is -2.12. The molecule has 0 aliphatic carbocycles. The van der Waals surface area contributed by atoms with E-state index in [4.69, 9.17) is 0 Å². The van der Waals surface area contributed by atoms with Crippen molar-refractivity contribution in [3.05, 3.63) is 101 Å². The molecule has 198 valence electrons. The minimum absolute atomic E-state index is 0.107. The van der Waals surface area contributed by atoms with Gasteiger partial charge < -0.3 is 5.11 Å². The summed E-state index contributed by atoms with van der Waals surface area (Å²) < 4.78 is 43.8. The standard InChI is InChI=1S/C28H23F3N6O2/c1-17-10-18(2)12-21(11-17)37-24-13-20(28(29,30)31)8-9-23(24)25(27(37)39)26(19-6-4-3-5-7-19)32-14-22(38)15-36-16-33-34-35-36/h3-13,16,39H,14-15H2,1-2H3. The Kier molecular flexibility index (Phi) is 6.73. The number of aromatic nitrogens is 5.